The zero-order chi connectivity index (χ0) is 8.85. The lowest BCUT2D eigenvalue weighted by Crippen LogP contribution is -2.07. The van der Waals surface area contributed by atoms with Crippen molar-refractivity contribution in [3.63, 3.8) is 0 Å². The first-order valence-corrected chi connectivity index (χ1v) is 3.42. The molecule has 0 fully saturated rings. The first-order valence-electron chi connectivity index (χ1n) is 2.98. The average Bonchev–Trinajstić information content (AvgIpc) is 1.98. The van der Waals surface area contributed by atoms with Crippen molar-refractivity contribution in [2.24, 2.45) is 0 Å². The molecule has 62 valence electrons. The second kappa shape index (κ2) is 4.91. The van der Waals surface area contributed by atoms with E-state index < -0.39 is 5.97 Å². The van der Waals surface area contributed by atoms with Crippen LogP contribution in [-0.4, -0.2) is 18.9 Å². The smallest absolute Gasteiger partial charge is 0.335 e. The zero-order valence-corrected chi connectivity index (χ0v) is 7.14. The maximum absolute atomic E-state index is 10.8. The van der Waals surface area contributed by atoms with Crippen LogP contribution >= 0.6 is 11.6 Å². The number of methoxy groups -OCH3 is 1. The summed E-state index contributed by atoms with van der Waals surface area (Å²) in [5.74, 6) is -0.683. The van der Waals surface area contributed by atoms with Crippen molar-refractivity contribution in [3.05, 3.63) is 11.1 Å². The second-order valence-corrected chi connectivity index (χ2v) is 2.22. The highest BCUT2D eigenvalue weighted by Crippen LogP contribution is 2.05. The van der Waals surface area contributed by atoms with E-state index in [0.717, 1.165) is 5.54 Å². The zero-order valence-electron chi connectivity index (χ0n) is 6.39. The number of ketones is 1. The minimum atomic E-state index is -0.560. The molecule has 0 saturated heterocycles. The lowest BCUT2D eigenvalue weighted by molar-refractivity contribution is -0.137. The standard InChI is InChI=1S/C7H9ClO3/c1-5(9)3-6(4-8)7(10)11-2/h4H,3H2,1-2H3/b6-4-. The van der Waals surface area contributed by atoms with Gasteiger partial charge in [0, 0.05) is 12.0 Å². The molecule has 0 heterocycles. The molecule has 0 aromatic rings. The summed E-state index contributed by atoms with van der Waals surface area (Å²) >= 11 is 5.27. The number of ether oxygens (including phenoxy) is 1. The minimum absolute atomic E-state index is 0.0240. The Morgan fingerprint density at radius 1 is 1.55 bits per heavy atom. The van der Waals surface area contributed by atoms with Crippen LogP contribution in [0.15, 0.2) is 11.1 Å². The molecule has 3 nitrogen and oxygen atoms in total. The molecule has 11 heavy (non-hydrogen) atoms. The largest absolute Gasteiger partial charge is 0.466 e. The Bertz CT molecular complexity index is 196. The third-order valence-corrected chi connectivity index (χ3v) is 1.28. The van der Waals surface area contributed by atoms with Crippen molar-refractivity contribution in [1.29, 1.82) is 0 Å². The summed E-state index contributed by atoms with van der Waals surface area (Å²) < 4.78 is 4.36. The van der Waals surface area contributed by atoms with Crippen LogP contribution < -0.4 is 0 Å². The minimum Gasteiger partial charge on any atom is -0.466 e. The van der Waals surface area contributed by atoms with Gasteiger partial charge in [0.1, 0.15) is 5.78 Å². The molecule has 0 saturated carbocycles. The Kier molecular flexibility index (Phi) is 4.54. The van der Waals surface area contributed by atoms with Crippen molar-refractivity contribution in [3.8, 4) is 0 Å². The summed E-state index contributed by atoms with van der Waals surface area (Å²) in [6, 6.07) is 0. The number of hydrogen-bond acceptors (Lipinski definition) is 3. The van der Waals surface area contributed by atoms with Crippen LogP contribution in [0.1, 0.15) is 13.3 Å². The fourth-order valence-electron chi connectivity index (χ4n) is 0.555. The van der Waals surface area contributed by atoms with E-state index in [9.17, 15) is 9.59 Å². The summed E-state index contributed by atoms with van der Waals surface area (Å²) in [4.78, 5) is 21.3. The highest BCUT2D eigenvalue weighted by Gasteiger charge is 2.10. The fraction of sp³-hybridized carbons (Fsp3) is 0.429. The molecule has 0 aliphatic carbocycles. The summed E-state index contributed by atoms with van der Waals surface area (Å²) in [5, 5.41) is 0. The molecule has 0 unspecified atom stereocenters. The predicted octanol–water partition coefficient (Wildman–Crippen LogP) is 1.26. The molecule has 0 aliphatic heterocycles. The normalized spacial score (nSPS) is 11.0. The van der Waals surface area contributed by atoms with Crippen LogP contribution in [0.4, 0.5) is 0 Å². The van der Waals surface area contributed by atoms with Crippen molar-refractivity contribution in [2.45, 2.75) is 13.3 Å². The molecule has 0 aromatic carbocycles. The third-order valence-electron chi connectivity index (χ3n) is 1.02. The monoisotopic (exact) mass is 176 g/mol. The van der Waals surface area contributed by atoms with E-state index >= 15 is 0 Å². The van der Waals surface area contributed by atoms with Crippen LogP contribution in [-0.2, 0) is 14.3 Å². The van der Waals surface area contributed by atoms with Gasteiger partial charge in [-0.1, -0.05) is 11.6 Å². The van der Waals surface area contributed by atoms with Gasteiger partial charge in [-0.25, -0.2) is 4.79 Å². The quantitative estimate of drug-likeness (QED) is 0.480. The number of rotatable bonds is 3. The molecular weight excluding hydrogens is 168 g/mol. The fourth-order valence-corrected chi connectivity index (χ4v) is 0.721. The first kappa shape index (κ1) is 10.2. The Labute approximate surface area is 70.0 Å². The summed E-state index contributed by atoms with van der Waals surface area (Å²) in [7, 11) is 1.24. The van der Waals surface area contributed by atoms with E-state index in [2.05, 4.69) is 4.74 Å². The van der Waals surface area contributed by atoms with E-state index in [1.54, 1.807) is 0 Å². The highest BCUT2D eigenvalue weighted by atomic mass is 35.5. The van der Waals surface area contributed by atoms with E-state index in [1.807, 2.05) is 0 Å². The van der Waals surface area contributed by atoms with Crippen molar-refractivity contribution >= 4 is 23.4 Å². The number of hydrogen-bond donors (Lipinski definition) is 0. The molecule has 4 heteroatoms. The first-order chi connectivity index (χ1) is 5.11. The summed E-state index contributed by atoms with van der Waals surface area (Å²) in [6.45, 7) is 1.38. The Balaban J connectivity index is 4.20. The van der Waals surface area contributed by atoms with Gasteiger partial charge in [-0.2, -0.15) is 0 Å². The SMILES string of the molecule is COC(=O)/C(=C\Cl)CC(C)=O. The molecule has 0 bridgehead atoms. The maximum atomic E-state index is 10.8. The molecule has 0 amide bonds. The van der Waals surface area contributed by atoms with E-state index in [0.29, 0.717) is 0 Å². The number of halogens is 1. The van der Waals surface area contributed by atoms with Crippen LogP contribution in [0, 0.1) is 0 Å². The van der Waals surface area contributed by atoms with Gasteiger partial charge in [-0.15, -0.1) is 0 Å². The van der Waals surface area contributed by atoms with Crippen molar-refractivity contribution in [1.82, 2.24) is 0 Å². The van der Waals surface area contributed by atoms with E-state index in [4.69, 9.17) is 11.6 Å². The lowest BCUT2D eigenvalue weighted by atomic mass is 10.2. The summed E-state index contributed by atoms with van der Waals surface area (Å²) in [6.07, 6.45) is 0.0240. The summed E-state index contributed by atoms with van der Waals surface area (Å²) in [5.41, 5.74) is 1.24. The van der Waals surface area contributed by atoms with Gasteiger partial charge >= 0.3 is 5.97 Å². The molecule has 0 spiro atoms. The van der Waals surface area contributed by atoms with E-state index in [1.165, 1.54) is 14.0 Å². The van der Waals surface area contributed by atoms with Gasteiger partial charge in [0.05, 0.1) is 12.7 Å². The molecule has 0 aliphatic rings. The Morgan fingerprint density at radius 3 is 2.36 bits per heavy atom. The van der Waals surface area contributed by atoms with E-state index in [-0.39, 0.29) is 17.8 Å². The predicted molar refractivity (Wildman–Crippen MR) is 41.3 cm³/mol. The number of esters is 1. The third kappa shape index (κ3) is 3.78. The highest BCUT2D eigenvalue weighted by molar-refractivity contribution is 6.27. The number of carbonyl (C=O) groups excluding carboxylic acids is 2. The number of carbonyl (C=O) groups is 2. The van der Waals surface area contributed by atoms with Gasteiger partial charge in [-0.05, 0) is 6.92 Å². The van der Waals surface area contributed by atoms with Crippen LogP contribution in [0.25, 0.3) is 0 Å². The van der Waals surface area contributed by atoms with Gasteiger partial charge in [-0.3, -0.25) is 4.79 Å². The molecule has 0 rings (SSSR count). The molecule has 0 radical (unpaired) electrons. The van der Waals surface area contributed by atoms with Gasteiger partial charge in [0.15, 0.2) is 0 Å². The second-order valence-electron chi connectivity index (χ2n) is 2.00. The van der Waals surface area contributed by atoms with Gasteiger partial charge in [0.2, 0.25) is 0 Å². The van der Waals surface area contributed by atoms with Crippen molar-refractivity contribution < 1.29 is 14.3 Å². The Morgan fingerprint density at radius 2 is 2.09 bits per heavy atom. The number of Topliss-reactive ketones (excluding diaryl/α,β-unsaturated/α-hetero) is 1. The average molecular weight is 177 g/mol. The molecule has 0 N–H and O–H groups in total. The van der Waals surface area contributed by atoms with Crippen molar-refractivity contribution in [2.75, 3.05) is 7.11 Å². The van der Waals surface area contributed by atoms with Crippen LogP contribution in [0.2, 0.25) is 0 Å². The Hall–Kier alpha value is -0.830. The molecule has 0 atom stereocenters. The molecule has 0 aromatic heterocycles. The maximum Gasteiger partial charge on any atom is 0.335 e. The van der Waals surface area contributed by atoms with Crippen LogP contribution in [0.5, 0.6) is 0 Å². The van der Waals surface area contributed by atoms with Gasteiger partial charge in [0.25, 0.3) is 0 Å². The van der Waals surface area contributed by atoms with Crippen LogP contribution in [0.3, 0.4) is 0 Å². The topological polar surface area (TPSA) is 43.4 Å². The lowest BCUT2D eigenvalue weighted by Gasteiger charge is -1.99. The molecular formula is C7H9ClO3. The van der Waals surface area contributed by atoms with Gasteiger partial charge < -0.3 is 4.74 Å².